The van der Waals surface area contributed by atoms with Gasteiger partial charge in [0, 0.05) is 17.5 Å². The van der Waals surface area contributed by atoms with Gasteiger partial charge in [-0.3, -0.25) is 9.59 Å². The Balaban J connectivity index is 1.23. The van der Waals surface area contributed by atoms with Crippen LogP contribution in [0.25, 0.3) is 0 Å². The number of nitrogens with zero attached hydrogens (tertiary/aromatic N) is 1. The number of hydrogen-bond acceptors (Lipinski definition) is 5. The molecule has 6 nitrogen and oxygen atoms in total. The van der Waals surface area contributed by atoms with Gasteiger partial charge in [-0.1, -0.05) is 29.8 Å². The molecule has 4 rings (SSSR count). The minimum Gasteiger partial charge on any atom is -0.486 e. The fraction of sp³-hybridized carbons (Fsp3) is 0.346. The van der Waals surface area contributed by atoms with E-state index in [9.17, 15) is 9.59 Å². The molecule has 1 aliphatic rings. The summed E-state index contributed by atoms with van der Waals surface area (Å²) in [5.74, 6) is 0.477. The van der Waals surface area contributed by atoms with Crippen molar-refractivity contribution in [1.82, 2.24) is 15.6 Å². The van der Waals surface area contributed by atoms with E-state index in [-0.39, 0.29) is 23.9 Å². The van der Waals surface area contributed by atoms with Crippen molar-refractivity contribution in [2.45, 2.75) is 58.2 Å². The van der Waals surface area contributed by atoms with Crippen LogP contribution in [0.4, 0.5) is 0 Å². The number of thiazole rings is 1. The molecule has 178 valence electrons. The Morgan fingerprint density at radius 1 is 1.00 bits per heavy atom. The number of benzene rings is 2. The second-order valence-electron chi connectivity index (χ2n) is 8.71. The first-order valence-corrected chi connectivity index (χ1v) is 12.6. The van der Waals surface area contributed by atoms with E-state index in [1.165, 1.54) is 11.3 Å². The van der Waals surface area contributed by atoms with Crippen molar-refractivity contribution in [2.24, 2.45) is 0 Å². The van der Waals surface area contributed by atoms with Crippen LogP contribution < -0.4 is 15.4 Å². The molecule has 0 aliphatic heterocycles. The van der Waals surface area contributed by atoms with Gasteiger partial charge in [-0.15, -0.1) is 11.3 Å². The van der Waals surface area contributed by atoms with Gasteiger partial charge in [0.15, 0.2) is 0 Å². The molecule has 0 radical (unpaired) electrons. The fourth-order valence-corrected chi connectivity index (χ4v) is 5.10. The van der Waals surface area contributed by atoms with Crippen molar-refractivity contribution in [1.29, 1.82) is 0 Å². The zero-order chi connectivity index (χ0) is 24.1. The predicted molar refractivity (Wildman–Crippen MR) is 135 cm³/mol. The van der Waals surface area contributed by atoms with E-state index in [2.05, 4.69) is 21.7 Å². The van der Waals surface area contributed by atoms with E-state index in [1.54, 1.807) is 29.6 Å². The van der Waals surface area contributed by atoms with Crippen molar-refractivity contribution >= 4 is 34.8 Å². The summed E-state index contributed by atoms with van der Waals surface area (Å²) in [6, 6.07) is 13.2. The van der Waals surface area contributed by atoms with E-state index in [0.717, 1.165) is 47.6 Å². The summed E-state index contributed by atoms with van der Waals surface area (Å²) in [5.41, 5.74) is 3.19. The monoisotopic (exact) mass is 497 g/mol. The topological polar surface area (TPSA) is 80.3 Å². The number of carbonyl (C=O) groups excluding carboxylic acids is 2. The van der Waals surface area contributed by atoms with E-state index < -0.39 is 0 Å². The van der Waals surface area contributed by atoms with Crippen LogP contribution >= 0.6 is 22.9 Å². The zero-order valence-corrected chi connectivity index (χ0v) is 20.8. The highest BCUT2D eigenvalue weighted by Gasteiger charge is 2.25. The molecule has 1 aromatic heterocycles. The molecule has 0 unspecified atom stereocenters. The summed E-state index contributed by atoms with van der Waals surface area (Å²) in [7, 11) is 0. The Morgan fingerprint density at radius 3 is 2.26 bits per heavy atom. The summed E-state index contributed by atoms with van der Waals surface area (Å²) in [6.45, 7) is 4.40. The van der Waals surface area contributed by atoms with Crippen LogP contribution in [-0.2, 0) is 6.61 Å². The molecule has 2 amide bonds. The van der Waals surface area contributed by atoms with Crippen molar-refractivity contribution in [3.63, 3.8) is 0 Å². The van der Waals surface area contributed by atoms with Crippen molar-refractivity contribution in [2.75, 3.05) is 0 Å². The minimum atomic E-state index is -0.169. The minimum absolute atomic E-state index is 0.0673. The van der Waals surface area contributed by atoms with E-state index >= 15 is 0 Å². The van der Waals surface area contributed by atoms with Crippen molar-refractivity contribution in [3.8, 4) is 5.75 Å². The number of carbonyl (C=O) groups is 2. The smallest absolute Gasteiger partial charge is 0.270 e. The van der Waals surface area contributed by atoms with Crippen LogP contribution in [0.15, 0.2) is 47.8 Å². The lowest BCUT2D eigenvalue weighted by atomic mass is 9.91. The summed E-state index contributed by atoms with van der Waals surface area (Å²) >= 11 is 7.54. The average Bonchev–Trinajstić information content (AvgIpc) is 3.28. The quantitative estimate of drug-likeness (QED) is 0.454. The first-order valence-electron chi connectivity index (χ1n) is 11.4. The molecule has 0 bridgehead atoms. The maximum atomic E-state index is 12.7. The van der Waals surface area contributed by atoms with Crippen LogP contribution in [0, 0.1) is 13.8 Å². The first-order chi connectivity index (χ1) is 16.4. The number of amides is 2. The molecule has 1 fully saturated rings. The maximum absolute atomic E-state index is 12.7. The Bertz CT molecular complexity index is 1150. The Morgan fingerprint density at radius 2 is 1.62 bits per heavy atom. The fourth-order valence-electron chi connectivity index (χ4n) is 4.19. The van der Waals surface area contributed by atoms with E-state index in [0.29, 0.717) is 22.9 Å². The van der Waals surface area contributed by atoms with Crippen molar-refractivity contribution in [3.05, 3.63) is 80.3 Å². The van der Waals surface area contributed by atoms with Gasteiger partial charge in [0.1, 0.15) is 23.1 Å². The maximum Gasteiger partial charge on any atom is 0.270 e. The van der Waals surface area contributed by atoms with E-state index in [4.69, 9.17) is 16.3 Å². The lowest BCUT2D eigenvalue weighted by molar-refractivity contribution is 0.0889. The molecular formula is C26H28ClN3O3S. The number of aromatic nitrogens is 1. The molecule has 0 spiro atoms. The molecule has 0 atom stereocenters. The van der Waals surface area contributed by atoms with Gasteiger partial charge in [0.05, 0.1) is 10.6 Å². The summed E-state index contributed by atoms with van der Waals surface area (Å²) in [6.07, 6.45) is 3.19. The molecule has 1 saturated carbocycles. The molecule has 2 N–H and O–H groups in total. The number of halogens is 1. The third kappa shape index (κ3) is 6.36. The molecule has 8 heteroatoms. The number of ether oxygens (including phenoxy) is 1. The predicted octanol–water partition coefficient (Wildman–Crippen LogP) is 5.46. The SMILES string of the molecule is Cc1cc(C)cc(OCc2nc(C(=O)NC3CCC(NC(=O)c4ccccc4Cl)CC3)cs2)c1. The highest BCUT2D eigenvalue weighted by Crippen LogP contribution is 2.22. The third-order valence-electron chi connectivity index (χ3n) is 5.86. The van der Waals surface area contributed by atoms with Crippen LogP contribution in [-0.4, -0.2) is 28.9 Å². The van der Waals surface area contributed by atoms with Crippen LogP contribution in [0.2, 0.25) is 5.02 Å². The summed E-state index contributed by atoms with van der Waals surface area (Å²) in [5, 5.41) is 9.12. The normalized spacial score (nSPS) is 17.7. The first kappa shape index (κ1) is 24.2. The van der Waals surface area contributed by atoms with Gasteiger partial charge in [0.2, 0.25) is 0 Å². The van der Waals surface area contributed by atoms with E-state index in [1.807, 2.05) is 26.0 Å². The number of rotatable bonds is 7. The molecular weight excluding hydrogens is 470 g/mol. The molecule has 0 saturated heterocycles. The average molecular weight is 498 g/mol. The van der Waals surface area contributed by atoms with Crippen molar-refractivity contribution < 1.29 is 14.3 Å². The lowest BCUT2D eigenvalue weighted by Crippen LogP contribution is -2.43. The molecule has 3 aromatic rings. The highest BCUT2D eigenvalue weighted by molar-refractivity contribution is 7.09. The van der Waals surface area contributed by atoms with Crippen LogP contribution in [0.5, 0.6) is 5.75 Å². The standard InChI is InChI=1S/C26H28ClN3O3S/c1-16-11-17(2)13-20(12-16)33-14-24-30-23(15-34-24)26(32)29-19-9-7-18(8-10-19)28-25(31)21-5-3-4-6-22(21)27/h3-6,11-13,15,18-19H,7-10,14H2,1-2H3,(H,28,31)(H,29,32). The number of nitrogens with one attached hydrogen (secondary N) is 2. The van der Waals surface area contributed by atoms with Gasteiger partial charge >= 0.3 is 0 Å². The zero-order valence-electron chi connectivity index (χ0n) is 19.3. The Hall–Kier alpha value is -2.90. The lowest BCUT2D eigenvalue weighted by Gasteiger charge is -2.29. The summed E-state index contributed by atoms with van der Waals surface area (Å²) in [4.78, 5) is 29.6. The number of aryl methyl sites for hydroxylation is 2. The largest absolute Gasteiger partial charge is 0.486 e. The van der Waals surface area contributed by atoms with Gasteiger partial charge in [-0.05, 0) is 74.9 Å². The Labute approximate surface area is 208 Å². The molecule has 34 heavy (non-hydrogen) atoms. The van der Waals surface area contributed by atoms with Crippen LogP contribution in [0.1, 0.15) is 62.7 Å². The highest BCUT2D eigenvalue weighted by atomic mass is 35.5. The number of hydrogen-bond donors (Lipinski definition) is 2. The van der Waals surface area contributed by atoms with Gasteiger partial charge < -0.3 is 15.4 Å². The molecule has 1 heterocycles. The van der Waals surface area contributed by atoms with Gasteiger partial charge in [0.25, 0.3) is 11.8 Å². The second-order valence-corrected chi connectivity index (χ2v) is 10.1. The van der Waals surface area contributed by atoms with Gasteiger partial charge in [-0.25, -0.2) is 4.98 Å². The second kappa shape index (κ2) is 11.0. The molecule has 1 aliphatic carbocycles. The van der Waals surface area contributed by atoms with Crippen LogP contribution in [0.3, 0.4) is 0 Å². The summed E-state index contributed by atoms with van der Waals surface area (Å²) < 4.78 is 5.85. The third-order valence-corrected chi connectivity index (χ3v) is 7.01. The van der Waals surface area contributed by atoms with Gasteiger partial charge in [-0.2, -0.15) is 0 Å². The molecule has 2 aromatic carbocycles. The Kier molecular flexibility index (Phi) is 7.85.